The number of aryl methyl sites for hydroxylation is 1. The smallest absolute Gasteiger partial charge is 0.259 e. The highest BCUT2D eigenvalue weighted by Crippen LogP contribution is 2.27. The van der Waals surface area contributed by atoms with Crippen LogP contribution in [0.2, 0.25) is 0 Å². The van der Waals surface area contributed by atoms with E-state index in [1.807, 2.05) is 30.3 Å². The van der Waals surface area contributed by atoms with E-state index in [9.17, 15) is 4.79 Å². The second-order valence-corrected chi connectivity index (χ2v) is 5.10. The Labute approximate surface area is 128 Å². The summed E-state index contributed by atoms with van der Waals surface area (Å²) in [4.78, 5) is 14.4. The molecular formula is C17H16N2O3. The average Bonchev–Trinajstić information content (AvgIpc) is 3.16. The summed E-state index contributed by atoms with van der Waals surface area (Å²) in [6.45, 7) is 2.27. The van der Waals surface area contributed by atoms with Crippen molar-refractivity contribution in [2.45, 2.75) is 13.5 Å². The van der Waals surface area contributed by atoms with Gasteiger partial charge in [0.2, 0.25) is 5.76 Å². The molecule has 0 aliphatic rings. The number of hydrogen-bond donors (Lipinski definition) is 0. The quantitative estimate of drug-likeness (QED) is 0.739. The number of amides is 1. The van der Waals surface area contributed by atoms with Gasteiger partial charge in [0.25, 0.3) is 5.91 Å². The minimum atomic E-state index is -0.144. The Hall–Kier alpha value is -2.82. The Morgan fingerprint density at radius 3 is 2.64 bits per heavy atom. The fourth-order valence-corrected chi connectivity index (χ4v) is 2.32. The Morgan fingerprint density at radius 1 is 1.18 bits per heavy atom. The molecule has 0 fully saturated rings. The first-order chi connectivity index (χ1) is 10.7. The topological polar surface area (TPSA) is 59.5 Å². The van der Waals surface area contributed by atoms with Gasteiger partial charge in [-0.2, -0.15) is 0 Å². The van der Waals surface area contributed by atoms with E-state index in [0.717, 1.165) is 5.56 Å². The van der Waals surface area contributed by atoms with Crippen LogP contribution in [0, 0.1) is 6.92 Å². The molecule has 5 nitrogen and oxygen atoms in total. The molecule has 0 bridgehead atoms. The Balaban J connectivity index is 1.88. The van der Waals surface area contributed by atoms with Crippen LogP contribution in [0.5, 0.6) is 0 Å². The van der Waals surface area contributed by atoms with Gasteiger partial charge in [0.15, 0.2) is 5.76 Å². The lowest BCUT2D eigenvalue weighted by atomic mass is 10.1. The van der Waals surface area contributed by atoms with Gasteiger partial charge < -0.3 is 13.8 Å². The first kappa shape index (κ1) is 14.1. The average molecular weight is 296 g/mol. The largest absolute Gasteiger partial charge is 0.461 e. The zero-order valence-corrected chi connectivity index (χ0v) is 12.4. The lowest BCUT2D eigenvalue weighted by Gasteiger charge is -2.17. The Kier molecular flexibility index (Phi) is 3.78. The van der Waals surface area contributed by atoms with Gasteiger partial charge in [-0.3, -0.25) is 4.79 Å². The summed E-state index contributed by atoms with van der Waals surface area (Å²) in [6, 6.07) is 13.3. The third-order valence-corrected chi connectivity index (χ3v) is 3.43. The third-order valence-electron chi connectivity index (χ3n) is 3.43. The molecule has 0 unspecified atom stereocenters. The van der Waals surface area contributed by atoms with Gasteiger partial charge in [-0.05, 0) is 24.6 Å². The number of rotatable bonds is 4. The molecule has 0 spiro atoms. The van der Waals surface area contributed by atoms with Crippen LogP contribution in [0.3, 0.4) is 0 Å². The zero-order valence-electron chi connectivity index (χ0n) is 12.4. The maximum Gasteiger partial charge on any atom is 0.259 e. The van der Waals surface area contributed by atoms with Crippen LogP contribution in [0.1, 0.15) is 21.6 Å². The summed E-state index contributed by atoms with van der Waals surface area (Å²) in [5.74, 6) is 0.721. The van der Waals surface area contributed by atoms with Crippen molar-refractivity contribution in [1.82, 2.24) is 10.1 Å². The number of carbonyl (C=O) groups excluding carboxylic acids is 1. The molecule has 5 heteroatoms. The lowest BCUT2D eigenvalue weighted by molar-refractivity contribution is 0.0784. The van der Waals surface area contributed by atoms with E-state index in [1.54, 1.807) is 31.0 Å². The fourth-order valence-electron chi connectivity index (χ4n) is 2.32. The number of hydrogen-bond acceptors (Lipinski definition) is 4. The van der Waals surface area contributed by atoms with Crippen molar-refractivity contribution in [3.05, 3.63) is 65.5 Å². The maximum absolute atomic E-state index is 12.7. The van der Waals surface area contributed by atoms with Gasteiger partial charge >= 0.3 is 0 Å². The van der Waals surface area contributed by atoms with Crippen molar-refractivity contribution >= 4 is 5.91 Å². The van der Waals surface area contributed by atoms with Crippen molar-refractivity contribution in [2.24, 2.45) is 0 Å². The van der Waals surface area contributed by atoms with Crippen LogP contribution < -0.4 is 0 Å². The summed E-state index contributed by atoms with van der Waals surface area (Å²) in [5, 5.41) is 3.90. The molecule has 1 aromatic carbocycles. The van der Waals surface area contributed by atoms with Crippen molar-refractivity contribution in [3.63, 3.8) is 0 Å². The van der Waals surface area contributed by atoms with Crippen molar-refractivity contribution < 1.29 is 13.7 Å². The van der Waals surface area contributed by atoms with Gasteiger partial charge in [-0.15, -0.1) is 0 Å². The number of nitrogens with zero attached hydrogens (tertiary/aromatic N) is 2. The van der Waals surface area contributed by atoms with Crippen LogP contribution in [-0.4, -0.2) is 23.0 Å². The van der Waals surface area contributed by atoms with E-state index < -0.39 is 0 Å². The SMILES string of the molecule is Cc1noc(-c2ccco2)c1C(=O)N(C)Cc1ccccc1. The van der Waals surface area contributed by atoms with E-state index in [-0.39, 0.29) is 5.91 Å². The summed E-state index contributed by atoms with van der Waals surface area (Å²) >= 11 is 0. The molecule has 112 valence electrons. The van der Waals surface area contributed by atoms with Crippen LogP contribution in [0.15, 0.2) is 57.7 Å². The van der Waals surface area contributed by atoms with E-state index in [4.69, 9.17) is 8.94 Å². The molecule has 0 saturated heterocycles. The molecule has 0 radical (unpaired) electrons. The molecule has 2 aromatic heterocycles. The third kappa shape index (κ3) is 2.65. The molecule has 0 aliphatic carbocycles. The monoisotopic (exact) mass is 296 g/mol. The van der Waals surface area contributed by atoms with Gasteiger partial charge in [0, 0.05) is 13.6 Å². The van der Waals surface area contributed by atoms with Gasteiger partial charge in [0.05, 0.1) is 12.0 Å². The van der Waals surface area contributed by atoms with Crippen molar-refractivity contribution in [1.29, 1.82) is 0 Å². The first-order valence-corrected chi connectivity index (χ1v) is 6.96. The van der Waals surface area contributed by atoms with Crippen LogP contribution in [0.25, 0.3) is 11.5 Å². The molecule has 3 aromatic rings. The Bertz CT molecular complexity index is 761. The molecule has 0 aliphatic heterocycles. The van der Waals surface area contributed by atoms with Crippen LogP contribution in [-0.2, 0) is 6.54 Å². The summed E-state index contributed by atoms with van der Waals surface area (Å²) in [5.41, 5.74) is 2.05. The maximum atomic E-state index is 12.7. The summed E-state index contributed by atoms with van der Waals surface area (Å²) in [6.07, 6.45) is 1.54. The second kappa shape index (κ2) is 5.89. The van der Waals surface area contributed by atoms with Gasteiger partial charge in [0.1, 0.15) is 5.56 Å². The fraction of sp³-hybridized carbons (Fsp3) is 0.176. The predicted octanol–water partition coefficient (Wildman–Crippen LogP) is 3.52. The van der Waals surface area contributed by atoms with Crippen LogP contribution in [0.4, 0.5) is 0 Å². The Morgan fingerprint density at radius 2 is 1.95 bits per heavy atom. The molecular weight excluding hydrogens is 280 g/mol. The van der Waals surface area contributed by atoms with Crippen LogP contribution >= 0.6 is 0 Å². The van der Waals surface area contributed by atoms with E-state index in [0.29, 0.717) is 29.3 Å². The molecule has 0 saturated carbocycles. The van der Waals surface area contributed by atoms with Gasteiger partial charge in [-0.1, -0.05) is 35.5 Å². The molecule has 22 heavy (non-hydrogen) atoms. The number of furan rings is 1. The van der Waals surface area contributed by atoms with Crippen molar-refractivity contribution in [3.8, 4) is 11.5 Å². The first-order valence-electron chi connectivity index (χ1n) is 6.96. The highest BCUT2D eigenvalue weighted by molar-refractivity contribution is 5.99. The second-order valence-electron chi connectivity index (χ2n) is 5.10. The zero-order chi connectivity index (χ0) is 15.5. The van der Waals surface area contributed by atoms with Gasteiger partial charge in [-0.25, -0.2) is 0 Å². The highest BCUT2D eigenvalue weighted by Gasteiger charge is 2.25. The van der Waals surface area contributed by atoms with E-state index >= 15 is 0 Å². The van der Waals surface area contributed by atoms with E-state index in [1.165, 1.54) is 6.26 Å². The number of carbonyl (C=O) groups is 1. The molecule has 0 N–H and O–H groups in total. The van der Waals surface area contributed by atoms with Crippen molar-refractivity contribution in [2.75, 3.05) is 7.05 Å². The normalized spacial score (nSPS) is 10.6. The molecule has 0 atom stereocenters. The lowest BCUT2D eigenvalue weighted by Crippen LogP contribution is -2.26. The number of benzene rings is 1. The molecule has 1 amide bonds. The standard InChI is InChI=1S/C17H16N2O3/c1-12-15(16(22-18-12)14-9-6-10-21-14)17(20)19(2)11-13-7-4-3-5-8-13/h3-10H,11H2,1-2H3. The molecule has 2 heterocycles. The van der Waals surface area contributed by atoms with E-state index in [2.05, 4.69) is 5.16 Å². The summed E-state index contributed by atoms with van der Waals surface area (Å²) in [7, 11) is 1.76. The minimum Gasteiger partial charge on any atom is -0.461 e. The predicted molar refractivity (Wildman–Crippen MR) is 81.2 cm³/mol. The summed E-state index contributed by atoms with van der Waals surface area (Å²) < 4.78 is 10.6. The highest BCUT2D eigenvalue weighted by atomic mass is 16.5. The molecule has 3 rings (SSSR count). The number of aromatic nitrogens is 1. The minimum absolute atomic E-state index is 0.144.